The van der Waals surface area contributed by atoms with Gasteiger partial charge in [-0.05, 0) is 111 Å². The summed E-state index contributed by atoms with van der Waals surface area (Å²) in [6.07, 6.45) is 12.8. The van der Waals surface area contributed by atoms with Crippen LogP contribution in [0.3, 0.4) is 0 Å². The molecule has 0 unspecified atom stereocenters. The summed E-state index contributed by atoms with van der Waals surface area (Å²) in [5.41, 5.74) is 17.1. The summed E-state index contributed by atoms with van der Waals surface area (Å²) in [6, 6.07) is 69.1. The third-order valence-electron chi connectivity index (χ3n) is 11.8. The Hall–Kier alpha value is -8.21. The van der Waals surface area contributed by atoms with Crippen LogP contribution in [-0.4, -0.2) is 22.5 Å². The van der Waals surface area contributed by atoms with Crippen LogP contribution in [0.4, 0.5) is 0 Å². The molecule has 1 aliphatic heterocycles. The molecule has 4 nitrogen and oxygen atoms in total. The van der Waals surface area contributed by atoms with Crippen molar-refractivity contribution in [3.8, 4) is 44.5 Å². The van der Waals surface area contributed by atoms with Crippen LogP contribution in [0.5, 0.6) is 0 Å². The second kappa shape index (κ2) is 16.1. The third-order valence-corrected chi connectivity index (χ3v) is 11.8. The number of hydrogen-bond donors (Lipinski definition) is 0. The number of fused-ring (bicyclic) bond motifs is 6. The molecule has 0 atom stereocenters. The van der Waals surface area contributed by atoms with E-state index in [1.54, 1.807) is 6.21 Å². The number of aromatic nitrogens is 1. The van der Waals surface area contributed by atoms with Crippen LogP contribution in [0.1, 0.15) is 22.3 Å². The van der Waals surface area contributed by atoms with Gasteiger partial charge >= 0.3 is 0 Å². The number of hydrogen-bond acceptors (Lipinski definition) is 3. The van der Waals surface area contributed by atoms with Crippen molar-refractivity contribution in [1.82, 2.24) is 4.57 Å². The zero-order chi connectivity index (χ0) is 41.2. The first-order chi connectivity index (χ1) is 30.7. The summed E-state index contributed by atoms with van der Waals surface area (Å²) in [4.78, 5) is 15.4. The first-order valence-electron chi connectivity index (χ1n) is 21.0. The van der Waals surface area contributed by atoms with E-state index >= 15 is 0 Å². The molecule has 0 amide bonds. The van der Waals surface area contributed by atoms with Gasteiger partial charge in [-0.1, -0.05) is 170 Å². The van der Waals surface area contributed by atoms with Gasteiger partial charge in [0.05, 0.1) is 22.9 Å². The molecular formula is C58H40N4. The minimum atomic E-state index is 0.586. The number of rotatable bonds is 6. The van der Waals surface area contributed by atoms with Gasteiger partial charge in [0.15, 0.2) is 11.7 Å². The van der Waals surface area contributed by atoms with Crippen molar-refractivity contribution in [1.29, 1.82) is 0 Å². The van der Waals surface area contributed by atoms with Crippen LogP contribution in [0.25, 0.3) is 72.0 Å². The standard InChI is InChI=1S/C58H40N4/c1-5-17-40(18-6-1)46-35-47(41-19-7-2-8-20-41)37-48(36-46)43-28-31-54-53-26-14-15-27-55(53)62(56(54)38-43)50-24-11-4-16-32-59-57(42-21-9-3-10-22-42)61-58(60-39-50)45-29-30-52-49(34-45)33-44-23-12-13-25-51(44)52/h1-32,34-39H,33H2/b11-4?,16-4+,24-11-,32-16?,50-24?,50-39+,59-32?,59-57?,60-39?,60-58?,61-57?,61-58?. The Morgan fingerprint density at radius 2 is 1.00 bits per heavy atom. The molecule has 62 heavy (non-hydrogen) atoms. The number of allylic oxidation sites excluding steroid dienone is 5. The molecule has 0 saturated carbocycles. The van der Waals surface area contributed by atoms with Crippen molar-refractivity contribution in [2.24, 2.45) is 15.0 Å². The summed E-state index contributed by atoms with van der Waals surface area (Å²) in [5.74, 6) is 1.18. The Morgan fingerprint density at radius 1 is 0.387 bits per heavy atom. The molecule has 0 fully saturated rings. The van der Waals surface area contributed by atoms with E-state index < -0.39 is 0 Å². The van der Waals surface area contributed by atoms with E-state index in [0.717, 1.165) is 45.4 Å². The Kier molecular flexibility index (Phi) is 9.56. The van der Waals surface area contributed by atoms with Gasteiger partial charge in [-0.15, -0.1) is 0 Å². The fourth-order valence-corrected chi connectivity index (χ4v) is 8.81. The average molecular weight is 793 g/mol. The lowest BCUT2D eigenvalue weighted by Crippen LogP contribution is -2.06. The minimum Gasteiger partial charge on any atom is -0.308 e. The quantitative estimate of drug-likeness (QED) is 0.161. The van der Waals surface area contributed by atoms with E-state index in [0.29, 0.717) is 11.7 Å². The van der Waals surface area contributed by atoms with Crippen LogP contribution >= 0.6 is 0 Å². The molecule has 0 saturated heterocycles. The Morgan fingerprint density at radius 3 is 1.76 bits per heavy atom. The van der Waals surface area contributed by atoms with E-state index in [4.69, 9.17) is 15.0 Å². The van der Waals surface area contributed by atoms with Gasteiger partial charge in [0, 0.05) is 28.1 Å². The predicted octanol–water partition coefficient (Wildman–Crippen LogP) is 14.3. The van der Waals surface area contributed by atoms with E-state index in [9.17, 15) is 0 Å². The summed E-state index contributed by atoms with van der Waals surface area (Å²) in [5, 5.41) is 2.34. The lowest BCUT2D eigenvalue weighted by molar-refractivity contribution is 1.22. The lowest BCUT2D eigenvalue weighted by atomic mass is 9.93. The largest absolute Gasteiger partial charge is 0.308 e. The molecule has 0 bridgehead atoms. The van der Waals surface area contributed by atoms with E-state index in [1.807, 2.05) is 48.7 Å². The summed E-state index contributed by atoms with van der Waals surface area (Å²) in [7, 11) is 0. The SMILES string of the molecule is C1=NC(c2ccccc2)=NC(c2ccc3c(c2)Cc2ccccc2-3)=N\C=C(n2c3ccccc3c3ccc(-c4cc(-c5ccccc5)cc(-c5ccccc5)c4)cc32)/C=C\C=C\1. The molecule has 2 heterocycles. The Balaban J connectivity index is 1.11. The minimum absolute atomic E-state index is 0.586. The van der Waals surface area contributed by atoms with Crippen LogP contribution < -0.4 is 0 Å². The van der Waals surface area contributed by atoms with Gasteiger partial charge in [-0.3, -0.25) is 0 Å². The summed E-state index contributed by atoms with van der Waals surface area (Å²) < 4.78 is 2.33. The van der Waals surface area contributed by atoms with E-state index in [-0.39, 0.29) is 0 Å². The lowest BCUT2D eigenvalue weighted by Gasteiger charge is -2.13. The van der Waals surface area contributed by atoms with Gasteiger partial charge in [-0.2, -0.15) is 0 Å². The Labute approximate surface area is 361 Å². The highest BCUT2D eigenvalue weighted by Crippen LogP contribution is 2.39. The van der Waals surface area contributed by atoms with Crippen LogP contribution in [0.2, 0.25) is 0 Å². The van der Waals surface area contributed by atoms with Gasteiger partial charge in [0.1, 0.15) is 0 Å². The molecule has 1 aliphatic carbocycles. The molecule has 0 radical (unpaired) electrons. The maximum atomic E-state index is 5.30. The number of amidine groups is 2. The number of benzene rings is 8. The topological polar surface area (TPSA) is 42.0 Å². The smallest absolute Gasteiger partial charge is 0.161 e. The highest BCUT2D eigenvalue weighted by atomic mass is 15.0. The number of para-hydroxylation sites is 1. The fourth-order valence-electron chi connectivity index (χ4n) is 8.81. The second-order valence-electron chi connectivity index (χ2n) is 15.7. The van der Waals surface area contributed by atoms with Crippen molar-refractivity contribution >= 4 is 45.4 Å². The maximum absolute atomic E-state index is 5.30. The molecule has 9 aromatic rings. The molecule has 1 aromatic heterocycles. The van der Waals surface area contributed by atoms with Crippen LogP contribution in [0.15, 0.2) is 240 Å². The predicted molar refractivity (Wildman–Crippen MR) is 261 cm³/mol. The fraction of sp³-hybridized carbons (Fsp3) is 0.0172. The molecule has 0 N–H and O–H groups in total. The van der Waals surface area contributed by atoms with E-state index in [2.05, 4.69) is 181 Å². The molecule has 4 heteroatoms. The third kappa shape index (κ3) is 7.04. The zero-order valence-corrected chi connectivity index (χ0v) is 33.9. The molecule has 11 rings (SSSR count). The average Bonchev–Trinajstić information content (AvgIpc) is 3.87. The molecule has 292 valence electrons. The highest BCUT2D eigenvalue weighted by Gasteiger charge is 2.20. The Bertz CT molecular complexity index is 3290. The second-order valence-corrected chi connectivity index (χ2v) is 15.7. The summed E-state index contributed by atoms with van der Waals surface area (Å²) >= 11 is 0. The van der Waals surface area contributed by atoms with Crippen molar-refractivity contribution in [3.63, 3.8) is 0 Å². The van der Waals surface area contributed by atoms with Gasteiger partial charge in [-0.25, -0.2) is 15.0 Å². The number of nitrogens with zero attached hydrogens (tertiary/aromatic N) is 4. The normalized spacial score (nSPS) is 15.4. The summed E-state index contributed by atoms with van der Waals surface area (Å²) in [6.45, 7) is 0. The first kappa shape index (κ1) is 36.8. The highest BCUT2D eigenvalue weighted by molar-refractivity contribution is 6.15. The van der Waals surface area contributed by atoms with Crippen LogP contribution in [-0.2, 0) is 6.42 Å². The van der Waals surface area contributed by atoms with Crippen LogP contribution in [0, 0.1) is 0 Å². The number of aliphatic imine (C=N–C) groups is 3. The van der Waals surface area contributed by atoms with Gasteiger partial charge in [0.2, 0.25) is 0 Å². The maximum Gasteiger partial charge on any atom is 0.161 e. The molecular weight excluding hydrogens is 753 g/mol. The van der Waals surface area contributed by atoms with Crippen molar-refractivity contribution < 1.29 is 0 Å². The van der Waals surface area contributed by atoms with Gasteiger partial charge < -0.3 is 4.57 Å². The molecule has 0 spiro atoms. The van der Waals surface area contributed by atoms with E-state index in [1.165, 1.54) is 55.3 Å². The molecule has 2 aliphatic rings. The van der Waals surface area contributed by atoms with Crippen molar-refractivity contribution in [2.75, 3.05) is 0 Å². The van der Waals surface area contributed by atoms with Crippen molar-refractivity contribution in [3.05, 3.63) is 247 Å². The molecule has 8 aromatic carbocycles. The zero-order valence-electron chi connectivity index (χ0n) is 33.9. The van der Waals surface area contributed by atoms with Crippen molar-refractivity contribution in [2.45, 2.75) is 6.42 Å². The monoisotopic (exact) mass is 792 g/mol. The first-order valence-corrected chi connectivity index (χ1v) is 21.0. The van der Waals surface area contributed by atoms with Gasteiger partial charge in [0.25, 0.3) is 0 Å².